The fourth-order valence-electron chi connectivity index (χ4n) is 3.67. The number of fused-ring (bicyclic) bond motifs is 1. The second kappa shape index (κ2) is 12.2. The summed E-state index contributed by atoms with van der Waals surface area (Å²) in [7, 11) is -3.05. The topological polar surface area (TPSA) is 112 Å². The molecule has 9 nitrogen and oxygen atoms in total. The predicted molar refractivity (Wildman–Crippen MR) is 170 cm³/mol. The molecular weight excluding hydrogens is 621 g/mol. The number of thiazole rings is 1. The molecule has 1 aromatic carbocycles. The number of carbonyl (C=O) groups is 2. The van der Waals surface area contributed by atoms with Crippen molar-refractivity contribution in [2.45, 2.75) is 95.4 Å². The summed E-state index contributed by atoms with van der Waals surface area (Å²) in [5.74, 6) is -1.36. The van der Waals surface area contributed by atoms with E-state index in [1.54, 1.807) is 32.1 Å². The molecule has 0 saturated carbocycles. The van der Waals surface area contributed by atoms with Crippen LogP contribution in [0.15, 0.2) is 34.6 Å². The summed E-state index contributed by atoms with van der Waals surface area (Å²) in [5, 5.41) is 0.562. The average Bonchev–Trinajstić information content (AvgIpc) is 3.22. The van der Waals surface area contributed by atoms with Gasteiger partial charge in [-0.3, -0.25) is 4.79 Å². The van der Waals surface area contributed by atoms with Gasteiger partial charge < -0.3 is 18.2 Å². The van der Waals surface area contributed by atoms with Crippen LogP contribution in [-0.4, -0.2) is 62.1 Å². The van der Waals surface area contributed by atoms with E-state index in [2.05, 4.69) is 33.9 Å². The fraction of sp³-hybridized carbons (Fsp3) is 0.593. The zero-order valence-corrected chi connectivity index (χ0v) is 29.7. The summed E-state index contributed by atoms with van der Waals surface area (Å²) in [6, 6.07) is 5.97. The van der Waals surface area contributed by atoms with E-state index in [1.807, 2.05) is 25.1 Å². The molecule has 2 heterocycles. The Hall–Kier alpha value is -1.58. The summed E-state index contributed by atoms with van der Waals surface area (Å²) in [5.41, 5.74) is -0.186. The number of nitrogens with zero attached hydrogens (tertiary/aromatic N) is 2. The molecule has 228 valence electrons. The minimum Gasteiger partial charge on any atom is -0.455 e. The average molecular weight is 661 g/mol. The first-order valence-electron chi connectivity index (χ1n) is 13.2. The lowest BCUT2D eigenvalue weighted by atomic mass is 10.1. The number of benzene rings is 1. The van der Waals surface area contributed by atoms with Gasteiger partial charge in [-0.25, -0.2) is 9.78 Å². The molecule has 1 fully saturated rings. The number of esters is 1. The molecule has 0 bridgehead atoms. The van der Waals surface area contributed by atoms with Gasteiger partial charge in [0.15, 0.2) is 14.0 Å². The van der Waals surface area contributed by atoms with Crippen LogP contribution in [0.2, 0.25) is 18.1 Å². The Labute approximate surface area is 256 Å². The molecule has 0 radical (unpaired) electrons. The smallest absolute Gasteiger partial charge is 0.359 e. The van der Waals surface area contributed by atoms with E-state index in [0.29, 0.717) is 0 Å². The van der Waals surface area contributed by atoms with Crippen LogP contribution in [-0.2, 0) is 33.1 Å². The van der Waals surface area contributed by atoms with Gasteiger partial charge >= 0.3 is 16.1 Å². The number of amides is 1. The first-order valence-corrected chi connectivity index (χ1v) is 20.9. The Morgan fingerprint density at radius 3 is 2.37 bits per heavy atom. The molecule has 14 heteroatoms. The second-order valence-corrected chi connectivity index (χ2v) is 22.3. The SMILES string of the molecule is C/C(OS(C)(=O)=O)=C(\C(=O)OC(C)(C)C)N1C[C@H](SSc2cccc3sc([C@@H](C)O[Si](C)(C)C(C)(C)C)nc23)C1=O. The molecule has 41 heavy (non-hydrogen) atoms. The lowest BCUT2D eigenvalue weighted by Crippen LogP contribution is -2.55. The van der Waals surface area contributed by atoms with Crippen molar-refractivity contribution in [2.24, 2.45) is 0 Å². The van der Waals surface area contributed by atoms with E-state index in [1.165, 1.54) is 33.4 Å². The van der Waals surface area contributed by atoms with Crippen molar-refractivity contribution in [2.75, 3.05) is 12.8 Å². The number of rotatable bonds is 10. The standard InChI is InChI=1S/C27H40N2O7S4Si/c1-16(35-40(9,32)33)22(25(31)34-26(3,4)5)29-15-20(24(29)30)39-38-19-14-12-13-18-21(19)28-23(37-18)17(2)36-41(10,11)27(6,7)8/h12-14,17,20H,15H2,1-11H3/b22-16-/t17-,20+/m1/s1. The van der Waals surface area contributed by atoms with Gasteiger partial charge in [-0.1, -0.05) is 48.4 Å². The maximum Gasteiger partial charge on any atom is 0.359 e. The predicted octanol–water partition coefficient (Wildman–Crippen LogP) is 6.88. The quantitative estimate of drug-likeness (QED) is 0.0508. The van der Waals surface area contributed by atoms with Crippen molar-refractivity contribution in [3.05, 3.63) is 34.7 Å². The van der Waals surface area contributed by atoms with Gasteiger partial charge in [0.1, 0.15) is 21.6 Å². The van der Waals surface area contributed by atoms with Crippen molar-refractivity contribution >= 4 is 73.5 Å². The van der Waals surface area contributed by atoms with E-state index in [9.17, 15) is 18.0 Å². The van der Waals surface area contributed by atoms with E-state index >= 15 is 0 Å². The van der Waals surface area contributed by atoms with Crippen LogP contribution in [0.25, 0.3) is 10.2 Å². The minimum atomic E-state index is -3.91. The highest BCUT2D eigenvalue weighted by Crippen LogP contribution is 2.45. The van der Waals surface area contributed by atoms with Gasteiger partial charge in [-0.05, 0) is 64.9 Å². The molecule has 2 atom stereocenters. The number of aromatic nitrogens is 1. The summed E-state index contributed by atoms with van der Waals surface area (Å²) in [4.78, 5) is 33.1. The summed E-state index contributed by atoms with van der Waals surface area (Å²) in [6.07, 6.45) is 0.747. The third-order valence-corrected chi connectivity index (χ3v) is 15.6. The lowest BCUT2D eigenvalue weighted by molar-refractivity contribution is -0.156. The van der Waals surface area contributed by atoms with Gasteiger partial charge in [0, 0.05) is 11.4 Å². The molecule has 1 aromatic heterocycles. The Bertz CT molecular complexity index is 1460. The molecule has 1 amide bonds. The molecular formula is C27H40N2O7S4Si. The first kappa shape index (κ1) is 33.9. The molecule has 1 aliphatic rings. The highest BCUT2D eigenvalue weighted by molar-refractivity contribution is 8.77. The van der Waals surface area contributed by atoms with Crippen LogP contribution in [0.1, 0.15) is 66.5 Å². The summed E-state index contributed by atoms with van der Waals surface area (Å²) >= 11 is 1.61. The van der Waals surface area contributed by atoms with Crippen LogP contribution < -0.4 is 0 Å². The zero-order valence-electron chi connectivity index (χ0n) is 25.5. The Kier molecular flexibility index (Phi) is 10.1. The third-order valence-electron chi connectivity index (χ3n) is 6.64. The molecule has 2 aromatic rings. The highest BCUT2D eigenvalue weighted by Gasteiger charge is 2.44. The Morgan fingerprint density at radius 1 is 1.20 bits per heavy atom. The molecule has 0 N–H and O–H groups in total. The van der Waals surface area contributed by atoms with Gasteiger partial charge in [0.05, 0.1) is 22.6 Å². The Balaban J connectivity index is 1.75. The molecule has 1 saturated heterocycles. The highest BCUT2D eigenvalue weighted by atomic mass is 33.1. The van der Waals surface area contributed by atoms with Crippen LogP contribution in [0.4, 0.5) is 0 Å². The van der Waals surface area contributed by atoms with Crippen LogP contribution >= 0.6 is 32.9 Å². The van der Waals surface area contributed by atoms with Gasteiger partial charge in [-0.15, -0.1) is 11.3 Å². The van der Waals surface area contributed by atoms with E-state index in [0.717, 1.165) is 26.4 Å². The molecule has 1 aliphatic heterocycles. The summed E-state index contributed by atoms with van der Waals surface area (Å²) in [6.45, 7) is 19.7. The maximum atomic E-state index is 13.2. The second-order valence-electron chi connectivity index (χ2n) is 12.5. The fourth-order valence-corrected chi connectivity index (χ4v) is 9.17. The first-order chi connectivity index (χ1) is 18.6. The van der Waals surface area contributed by atoms with Gasteiger partial charge in [-0.2, -0.15) is 8.42 Å². The van der Waals surface area contributed by atoms with Gasteiger partial charge in [0.25, 0.3) is 0 Å². The number of likely N-dealkylation sites (tertiary alicyclic amines) is 1. The molecule has 3 rings (SSSR count). The monoisotopic (exact) mass is 660 g/mol. The normalized spacial score (nSPS) is 18.2. The number of hydrogen-bond donors (Lipinski definition) is 0. The number of carbonyl (C=O) groups excluding carboxylic acids is 2. The van der Waals surface area contributed by atoms with Crippen molar-refractivity contribution < 1.29 is 31.4 Å². The number of β-lactam (4-membered cyclic amide) rings is 1. The van der Waals surface area contributed by atoms with Crippen LogP contribution in [0.3, 0.4) is 0 Å². The largest absolute Gasteiger partial charge is 0.455 e. The molecule has 0 spiro atoms. The minimum absolute atomic E-state index is 0.0901. The van der Waals surface area contributed by atoms with E-state index in [4.69, 9.17) is 18.3 Å². The van der Waals surface area contributed by atoms with Crippen LogP contribution in [0.5, 0.6) is 0 Å². The summed E-state index contributed by atoms with van der Waals surface area (Å²) < 4.78 is 41.4. The maximum absolute atomic E-state index is 13.2. The van der Waals surface area contributed by atoms with Crippen molar-refractivity contribution in [1.82, 2.24) is 9.88 Å². The van der Waals surface area contributed by atoms with Crippen molar-refractivity contribution in [3.8, 4) is 0 Å². The number of ether oxygens (including phenoxy) is 1. The van der Waals surface area contributed by atoms with Crippen LogP contribution in [0, 0.1) is 0 Å². The molecule has 0 aliphatic carbocycles. The van der Waals surface area contributed by atoms with Crippen molar-refractivity contribution in [3.63, 3.8) is 0 Å². The number of hydrogen-bond acceptors (Lipinski definition) is 11. The van der Waals surface area contributed by atoms with E-state index < -0.39 is 35.3 Å². The van der Waals surface area contributed by atoms with Gasteiger partial charge in [0.2, 0.25) is 5.91 Å². The number of allylic oxidation sites excluding steroid dienone is 1. The van der Waals surface area contributed by atoms with Crippen molar-refractivity contribution in [1.29, 1.82) is 0 Å². The molecule has 0 unspecified atom stereocenters. The number of para-hydroxylation sites is 1. The lowest BCUT2D eigenvalue weighted by Gasteiger charge is -2.39. The van der Waals surface area contributed by atoms with E-state index in [-0.39, 0.29) is 35.1 Å². The Morgan fingerprint density at radius 2 is 1.83 bits per heavy atom. The zero-order chi connectivity index (χ0) is 31.1. The third kappa shape index (κ3) is 8.50.